The first-order valence-electron chi connectivity index (χ1n) is 7.69. The monoisotopic (exact) mass is 296 g/mol. The molecule has 5 heteroatoms. The van der Waals surface area contributed by atoms with Crippen molar-refractivity contribution in [2.75, 3.05) is 0 Å². The van der Waals surface area contributed by atoms with Crippen LogP contribution < -0.4 is 11.2 Å². The second-order valence-electron chi connectivity index (χ2n) is 6.18. The van der Waals surface area contributed by atoms with Crippen LogP contribution in [0.5, 0.6) is 0 Å². The van der Waals surface area contributed by atoms with Gasteiger partial charge < -0.3 is 0 Å². The molecule has 0 saturated heterocycles. The summed E-state index contributed by atoms with van der Waals surface area (Å²) >= 11 is 6.12. The molecule has 0 bridgehead atoms. The third kappa shape index (κ3) is 2.58. The molecule has 0 aromatic carbocycles. The van der Waals surface area contributed by atoms with Gasteiger partial charge in [-0.2, -0.15) is 0 Å². The van der Waals surface area contributed by atoms with Gasteiger partial charge in [-0.1, -0.05) is 43.7 Å². The lowest BCUT2D eigenvalue weighted by molar-refractivity contribution is 0.279. The highest BCUT2D eigenvalue weighted by molar-refractivity contribution is 6.30. The van der Waals surface area contributed by atoms with Crippen molar-refractivity contribution in [3.05, 3.63) is 31.6 Å². The first-order valence-corrected chi connectivity index (χ1v) is 8.07. The molecule has 1 N–H and O–H groups in total. The van der Waals surface area contributed by atoms with Gasteiger partial charge >= 0.3 is 5.69 Å². The molecule has 2 aliphatic carbocycles. The number of aromatic nitrogens is 2. The number of nitrogens with one attached hydrogen (secondary N) is 1. The Kier molecular flexibility index (Phi) is 4.01. The Bertz CT molecular complexity index is 595. The third-order valence-electron chi connectivity index (χ3n) is 4.92. The topological polar surface area (TPSA) is 54.9 Å². The summed E-state index contributed by atoms with van der Waals surface area (Å²) in [5.74, 6) is 0.911. The maximum absolute atomic E-state index is 12.6. The van der Waals surface area contributed by atoms with Gasteiger partial charge in [-0.15, -0.1) is 0 Å². The average molecular weight is 297 g/mol. The summed E-state index contributed by atoms with van der Waals surface area (Å²) < 4.78 is 1.36. The summed E-state index contributed by atoms with van der Waals surface area (Å²) in [5, 5.41) is 0.256. The largest absolute Gasteiger partial charge is 0.329 e. The molecule has 2 fully saturated rings. The lowest BCUT2D eigenvalue weighted by Gasteiger charge is -2.25. The van der Waals surface area contributed by atoms with Crippen LogP contribution in [0.2, 0.25) is 5.15 Å². The van der Waals surface area contributed by atoms with Gasteiger partial charge in [0.25, 0.3) is 5.56 Å². The van der Waals surface area contributed by atoms with E-state index in [4.69, 9.17) is 11.6 Å². The summed E-state index contributed by atoms with van der Waals surface area (Å²) in [6.07, 6.45) is 8.96. The van der Waals surface area contributed by atoms with E-state index in [9.17, 15) is 9.59 Å². The molecule has 0 spiro atoms. The van der Waals surface area contributed by atoms with Gasteiger partial charge in [0.15, 0.2) is 0 Å². The van der Waals surface area contributed by atoms with Crippen LogP contribution in [0.1, 0.15) is 62.8 Å². The van der Waals surface area contributed by atoms with E-state index in [0.717, 1.165) is 32.1 Å². The number of halogens is 1. The van der Waals surface area contributed by atoms with E-state index in [2.05, 4.69) is 4.98 Å². The Labute approximate surface area is 123 Å². The van der Waals surface area contributed by atoms with Gasteiger partial charge in [-0.25, -0.2) is 4.79 Å². The first kappa shape index (κ1) is 13.9. The van der Waals surface area contributed by atoms with Crippen LogP contribution in [-0.4, -0.2) is 9.55 Å². The van der Waals surface area contributed by atoms with Gasteiger partial charge in [-0.05, 0) is 31.1 Å². The van der Waals surface area contributed by atoms with Gasteiger partial charge in [0.05, 0.1) is 5.56 Å². The number of H-pyrrole nitrogens is 1. The van der Waals surface area contributed by atoms with Crippen LogP contribution >= 0.6 is 11.6 Å². The minimum atomic E-state index is -0.360. The van der Waals surface area contributed by atoms with E-state index in [0.29, 0.717) is 18.0 Å². The van der Waals surface area contributed by atoms with Gasteiger partial charge in [-0.3, -0.25) is 14.3 Å². The van der Waals surface area contributed by atoms with Gasteiger partial charge in [0.2, 0.25) is 0 Å². The van der Waals surface area contributed by atoms with E-state index in [-0.39, 0.29) is 22.3 Å². The summed E-state index contributed by atoms with van der Waals surface area (Å²) in [5.41, 5.74) is 0.114. The van der Waals surface area contributed by atoms with Crippen molar-refractivity contribution in [2.45, 2.75) is 63.8 Å². The minimum Gasteiger partial charge on any atom is -0.297 e. The second kappa shape index (κ2) is 5.76. The van der Waals surface area contributed by atoms with E-state index >= 15 is 0 Å². The summed E-state index contributed by atoms with van der Waals surface area (Å²) in [4.78, 5) is 27.2. The van der Waals surface area contributed by atoms with Crippen molar-refractivity contribution < 1.29 is 0 Å². The fourth-order valence-corrected chi connectivity index (χ4v) is 3.74. The zero-order valence-corrected chi connectivity index (χ0v) is 12.4. The Morgan fingerprint density at radius 1 is 1.10 bits per heavy atom. The highest BCUT2D eigenvalue weighted by Crippen LogP contribution is 2.34. The third-order valence-corrected chi connectivity index (χ3v) is 5.22. The van der Waals surface area contributed by atoms with E-state index < -0.39 is 0 Å². The van der Waals surface area contributed by atoms with Crippen LogP contribution in [0.3, 0.4) is 0 Å². The normalized spacial score (nSPS) is 20.2. The van der Waals surface area contributed by atoms with Crippen LogP contribution in [0.4, 0.5) is 0 Å². The maximum atomic E-state index is 12.6. The molecule has 0 atom stereocenters. The van der Waals surface area contributed by atoms with Crippen molar-refractivity contribution in [3.63, 3.8) is 0 Å². The van der Waals surface area contributed by atoms with Crippen molar-refractivity contribution in [2.24, 2.45) is 5.92 Å². The fourth-order valence-electron chi connectivity index (χ4n) is 3.42. The average Bonchev–Trinajstić information content (AvgIpc) is 2.84. The standard InChI is InChI=1S/C15H21ClN2O2/c16-13-12(11-6-1-2-7-11)14(19)18(15(20)17-13)9-8-10-4-3-5-10/h10-11H,1-9H2,(H,17,20). The molecule has 1 heterocycles. The lowest BCUT2D eigenvalue weighted by Crippen LogP contribution is -2.38. The highest BCUT2D eigenvalue weighted by atomic mass is 35.5. The maximum Gasteiger partial charge on any atom is 0.329 e. The van der Waals surface area contributed by atoms with Gasteiger partial charge in [0.1, 0.15) is 5.15 Å². The number of hydrogen-bond acceptors (Lipinski definition) is 2. The molecule has 3 rings (SSSR count). The first-order chi connectivity index (χ1) is 9.66. The SMILES string of the molecule is O=c1[nH]c(Cl)c(C2CCCC2)c(=O)n1CCC1CCC1. The molecule has 0 radical (unpaired) electrons. The quantitative estimate of drug-likeness (QED) is 0.868. The highest BCUT2D eigenvalue weighted by Gasteiger charge is 2.25. The molecule has 0 amide bonds. The fraction of sp³-hybridized carbons (Fsp3) is 0.733. The minimum absolute atomic E-state index is 0.162. The summed E-state index contributed by atoms with van der Waals surface area (Å²) in [6.45, 7) is 0.524. The van der Waals surface area contributed by atoms with Crippen molar-refractivity contribution >= 4 is 11.6 Å². The van der Waals surface area contributed by atoms with Crippen LogP contribution in [0, 0.1) is 5.92 Å². The summed E-state index contributed by atoms with van der Waals surface area (Å²) in [7, 11) is 0. The van der Waals surface area contributed by atoms with Crippen LogP contribution in [0.25, 0.3) is 0 Å². The smallest absolute Gasteiger partial charge is 0.297 e. The molecule has 0 aliphatic heterocycles. The number of nitrogens with zero attached hydrogens (tertiary/aromatic N) is 1. The van der Waals surface area contributed by atoms with Crippen LogP contribution in [0.15, 0.2) is 9.59 Å². The van der Waals surface area contributed by atoms with E-state index in [1.807, 2.05) is 0 Å². The zero-order valence-electron chi connectivity index (χ0n) is 11.7. The van der Waals surface area contributed by atoms with Crippen molar-refractivity contribution in [1.82, 2.24) is 9.55 Å². The predicted octanol–water partition coefficient (Wildman–Crippen LogP) is 3.04. The Hall–Kier alpha value is -1.03. The molecule has 20 heavy (non-hydrogen) atoms. The van der Waals surface area contributed by atoms with E-state index in [1.165, 1.54) is 23.8 Å². The number of rotatable bonds is 4. The summed E-state index contributed by atoms with van der Waals surface area (Å²) in [6, 6.07) is 0. The van der Waals surface area contributed by atoms with Gasteiger partial charge in [0, 0.05) is 6.54 Å². The lowest BCUT2D eigenvalue weighted by atomic mass is 9.83. The van der Waals surface area contributed by atoms with Crippen LogP contribution in [-0.2, 0) is 6.54 Å². The molecule has 110 valence electrons. The Morgan fingerprint density at radius 2 is 1.80 bits per heavy atom. The number of hydrogen-bond donors (Lipinski definition) is 1. The van der Waals surface area contributed by atoms with Crippen molar-refractivity contribution in [1.29, 1.82) is 0 Å². The second-order valence-corrected chi connectivity index (χ2v) is 6.56. The zero-order chi connectivity index (χ0) is 14.1. The predicted molar refractivity (Wildman–Crippen MR) is 79.5 cm³/mol. The molecular formula is C15H21ClN2O2. The molecule has 0 unspecified atom stereocenters. The Morgan fingerprint density at radius 3 is 2.40 bits per heavy atom. The van der Waals surface area contributed by atoms with Crippen molar-refractivity contribution in [3.8, 4) is 0 Å². The molecule has 4 nitrogen and oxygen atoms in total. The molecular weight excluding hydrogens is 276 g/mol. The molecule has 1 aromatic rings. The molecule has 2 aliphatic rings. The number of aromatic amines is 1. The molecule has 2 saturated carbocycles. The van der Waals surface area contributed by atoms with E-state index in [1.54, 1.807) is 0 Å². The Balaban J connectivity index is 1.89. The molecule has 1 aromatic heterocycles.